The molecule has 0 saturated carbocycles. The first-order valence-corrected chi connectivity index (χ1v) is 7.05. The van der Waals surface area contributed by atoms with Gasteiger partial charge in [-0.2, -0.15) is 0 Å². The van der Waals surface area contributed by atoms with Crippen molar-refractivity contribution in [2.45, 2.75) is 32.3 Å². The van der Waals surface area contributed by atoms with Gasteiger partial charge >= 0.3 is 0 Å². The summed E-state index contributed by atoms with van der Waals surface area (Å²) in [6.07, 6.45) is 1.17. The second kappa shape index (κ2) is 5.85. The SMILES string of the molecule is CCC(O)(CC)CNC(=O)c1cc2cc(Cl)ccc2o1. The Bertz CT molecular complexity index is 617. The first-order chi connectivity index (χ1) is 9.47. The smallest absolute Gasteiger partial charge is 0.287 e. The van der Waals surface area contributed by atoms with E-state index in [-0.39, 0.29) is 18.2 Å². The average molecular weight is 296 g/mol. The Balaban J connectivity index is 2.11. The van der Waals surface area contributed by atoms with Gasteiger partial charge in [-0.05, 0) is 37.1 Å². The number of fused-ring (bicyclic) bond motifs is 1. The van der Waals surface area contributed by atoms with Crippen LogP contribution < -0.4 is 5.32 Å². The molecule has 5 heteroatoms. The fraction of sp³-hybridized carbons (Fsp3) is 0.400. The summed E-state index contributed by atoms with van der Waals surface area (Å²) in [6, 6.07) is 6.82. The highest BCUT2D eigenvalue weighted by atomic mass is 35.5. The minimum absolute atomic E-state index is 0.205. The molecule has 4 nitrogen and oxygen atoms in total. The Kier molecular flexibility index (Phi) is 4.35. The standard InChI is InChI=1S/C15H18ClNO3/c1-3-15(19,4-2)9-17-14(18)13-8-10-7-11(16)5-6-12(10)20-13/h5-8,19H,3-4,9H2,1-2H3,(H,17,18). The van der Waals surface area contributed by atoms with Crippen molar-refractivity contribution in [2.24, 2.45) is 0 Å². The summed E-state index contributed by atoms with van der Waals surface area (Å²) in [5.74, 6) is -0.116. The fourth-order valence-corrected chi connectivity index (χ4v) is 2.14. The number of hydrogen-bond acceptors (Lipinski definition) is 3. The quantitative estimate of drug-likeness (QED) is 0.889. The van der Waals surface area contributed by atoms with E-state index in [9.17, 15) is 9.90 Å². The van der Waals surface area contributed by atoms with Gasteiger partial charge < -0.3 is 14.8 Å². The number of rotatable bonds is 5. The zero-order chi connectivity index (χ0) is 14.8. The molecule has 0 saturated heterocycles. The third-order valence-electron chi connectivity index (χ3n) is 3.60. The van der Waals surface area contributed by atoms with Crippen LogP contribution in [-0.2, 0) is 0 Å². The zero-order valence-electron chi connectivity index (χ0n) is 11.6. The number of aliphatic hydroxyl groups is 1. The van der Waals surface area contributed by atoms with Gasteiger partial charge in [-0.15, -0.1) is 0 Å². The van der Waals surface area contributed by atoms with E-state index in [4.69, 9.17) is 16.0 Å². The van der Waals surface area contributed by atoms with E-state index >= 15 is 0 Å². The summed E-state index contributed by atoms with van der Waals surface area (Å²) in [5.41, 5.74) is -0.258. The number of nitrogens with one attached hydrogen (secondary N) is 1. The summed E-state index contributed by atoms with van der Waals surface area (Å²) in [5, 5.41) is 14.2. The van der Waals surface area contributed by atoms with Crippen LogP contribution in [0, 0.1) is 0 Å². The molecule has 108 valence electrons. The average Bonchev–Trinajstić information content (AvgIpc) is 2.87. The van der Waals surface area contributed by atoms with Crippen molar-refractivity contribution in [3.05, 3.63) is 35.0 Å². The van der Waals surface area contributed by atoms with Crippen molar-refractivity contribution in [1.29, 1.82) is 0 Å². The van der Waals surface area contributed by atoms with E-state index in [0.29, 0.717) is 23.4 Å². The van der Waals surface area contributed by atoms with Gasteiger partial charge in [0.2, 0.25) is 0 Å². The minimum Gasteiger partial charge on any atom is -0.451 e. The molecule has 1 aromatic carbocycles. The van der Waals surface area contributed by atoms with Crippen LogP contribution in [0.1, 0.15) is 37.2 Å². The predicted octanol–water partition coefficient (Wildman–Crippen LogP) is 3.37. The van der Waals surface area contributed by atoms with Crippen LogP contribution in [0.15, 0.2) is 28.7 Å². The topological polar surface area (TPSA) is 62.5 Å². The molecule has 0 aliphatic heterocycles. The lowest BCUT2D eigenvalue weighted by atomic mass is 9.97. The lowest BCUT2D eigenvalue weighted by Gasteiger charge is -2.24. The maximum Gasteiger partial charge on any atom is 0.287 e. The van der Waals surface area contributed by atoms with Crippen LogP contribution >= 0.6 is 11.6 Å². The molecule has 0 atom stereocenters. The highest BCUT2D eigenvalue weighted by molar-refractivity contribution is 6.31. The van der Waals surface area contributed by atoms with Crippen LogP contribution in [0.2, 0.25) is 5.02 Å². The summed E-state index contributed by atoms with van der Waals surface area (Å²) >= 11 is 5.89. The molecule has 0 bridgehead atoms. The Hall–Kier alpha value is -1.52. The summed E-state index contributed by atoms with van der Waals surface area (Å²) in [7, 11) is 0. The predicted molar refractivity (Wildman–Crippen MR) is 79.1 cm³/mol. The van der Waals surface area contributed by atoms with Gasteiger partial charge in [-0.3, -0.25) is 4.79 Å². The number of furan rings is 1. The number of carbonyl (C=O) groups excluding carboxylic acids is 1. The van der Waals surface area contributed by atoms with Crippen LogP contribution in [0.5, 0.6) is 0 Å². The second-order valence-corrected chi connectivity index (χ2v) is 5.34. The maximum absolute atomic E-state index is 12.0. The van der Waals surface area contributed by atoms with E-state index in [1.165, 1.54) is 0 Å². The largest absolute Gasteiger partial charge is 0.451 e. The van der Waals surface area contributed by atoms with Crippen LogP contribution in [0.3, 0.4) is 0 Å². The second-order valence-electron chi connectivity index (χ2n) is 4.91. The molecule has 0 aliphatic rings. The van der Waals surface area contributed by atoms with Gasteiger partial charge in [0.15, 0.2) is 5.76 Å². The molecule has 1 amide bonds. The van der Waals surface area contributed by atoms with E-state index in [1.54, 1.807) is 24.3 Å². The first-order valence-electron chi connectivity index (χ1n) is 6.67. The van der Waals surface area contributed by atoms with Gasteiger partial charge in [-0.1, -0.05) is 25.4 Å². The van der Waals surface area contributed by atoms with E-state index in [0.717, 1.165) is 5.39 Å². The van der Waals surface area contributed by atoms with Crippen LogP contribution in [0.25, 0.3) is 11.0 Å². The number of hydrogen-bond donors (Lipinski definition) is 2. The van der Waals surface area contributed by atoms with Gasteiger partial charge in [-0.25, -0.2) is 0 Å². The van der Waals surface area contributed by atoms with Crippen molar-refractivity contribution in [1.82, 2.24) is 5.32 Å². The fourth-order valence-electron chi connectivity index (χ4n) is 1.96. The minimum atomic E-state index is -0.870. The first kappa shape index (κ1) is 14.9. The van der Waals surface area contributed by atoms with Crippen molar-refractivity contribution < 1.29 is 14.3 Å². The van der Waals surface area contributed by atoms with Crippen molar-refractivity contribution in [3.8, 4) is 0 Å². The highest BCUT2D eigenvalue weighted by Crippen LogP contribution is 2.23. The highest BCUT2D eigenvalue weighted by Gasteiger charge is 2.23. The molecular weight excluding hydrogens is 278 g/mol. The molecule has 0 unspecified atom stereocenters. The monoisotopic (exact) mass is 295 g/mol. The maximum atomic E-state index is 12.0. The van der Waals surface area contributed by atoms with Crippen molar-refractivity contribution in [2.75, 3.05) is 6.54 Å². The molecule has 0 radical (unpaired) electrons. The normalized spacial score (nSPS) is 11.8. The molecule has 1 heterocycles. The molecule has 1 aromatic heterocycles. The lowest BCUT2D eigenvalue weighted by Crippen LogP contribution is -2.41. The molecule has 0 spiro atoms. The Morgan fingerprint density at radius 1 is 1.35 bits per heavy atom. The molecule has 2 aromatic rings. The molecule has 0 aliphatic carbocycles. The van der Waals surface area contributed by atoms with E-state index in [1.807, 2.05) is 13.8 Å². The zero-order valence-corrected chi connectivity index (χ0v) is 12.3. The molecule has 2 N–H and O–H groups in total. The summed E-state index contributed by atoms with van der Waals surface area (Å²) in [4.78, 5) is 12.0. The molecule has 2 rings (SSSR count). The third kappa shape index (κ3) is 3.14. The number of halogens is 1. The van der Waals surface area contributed by atoms with Crippen LogP contribution in [0.4, 0.5) is 0 Å². The van der Waals surface area contributed by atoms with Gasteiger partial charge in [0, 0.05) is 17.0 Å². The molecule has 0 fully saturated rings. The van der Waals surface area contributed by atoms with E-state index in [2.05, 4.69) is 5.32 Å². The summed E-state index contributed by atoms with van der Waals surface area (Å²) < 4.78 is 5.47. The number of benzene rings is 1. The van der Waals surface area contributed by atoms with Gasteiger partial charge in [0.05, 0.1) is 5.60 Å². The molecular formula is C15H18ClNO3. The Morgan fingerprint density at radius 2 is 2.05 bits per heavy atom. The lowest BCUT2D eigenvalue weighted by molar-refractivity contribution is 0.0310. The van der Waals surface area contributed by atoms with E-state index < -0.39 is 5.60 Å². The van der Waals surface area contributed by atoms with Crippen LogP contribution in [-0.4, -0.2) is 23.2 Å². The number of carbonyl (C=O) groups is 1. The Morgan fingerprint density at radius 3 is 2.70 bits per heavy atom. The van der Waals surface area contributed by atoms with Crippen molar-refractivity contribution >= 4 is 28.5 Å². The number of amides is 1. The van der Waals surface area contributed by atoms with Crippen molar-refractivity contribution in [3.63, 3.8) is 0 Å². The third-order valence-corrected chi connectivity index (χ3v) is 3.83. The Labute approximate surface area is 122 Å². The summed E-state index contributed by atoms with van der Waals surface area (Å²) in [6.45, 7) is 3.98. The van der Waals surface area contributed by atoms with Gasteiger partial charge in [0.1, 0.15) is 5.58 Å². The molecule has 20 heavy (non-hydrogen) atoms. The van der Waals surface area contributed by atoms with Gasteiger partial charge in [0.25, 0.3) is 5.91 Å².